The Balaban J connectivity index is 1.59. The van der Waals surface area contributed by atoms with Crippen molar-refractivity contribution in [3.05, 3.63) is 94.5 Å². The predicted molar refractivity (Wildman–Crippen MR) is 110 cm³/mol. The number of alkyl halides is 2. The minimum Gasteiger partial charge on any atom is -0.464 e. The second-order valence-corrected chi connectivity index (χ2v) is 7.51. The molecule has 3 aromatic carbocycles. The Bertz CT molecular complexity index is 1100. The number of halogens is 3. The van der Waals surface area contributed by atoms with Gasteiger partial charge in [0.25, 0.3) is 0 Å². The first kappa shape index (κ1) is 18.9. The standard InChI is InChI=1S/C23H17ClF2N2O2/c24-15-11-9-14(10-12-15)18-13-19-16-5-1-3-7-20(16)29-22(28(19)27-18)17-6-2-4-8-21(17)30-23(25)26/h1-12,19,22-23H,13H2/t19-,22-/m1/s1. The number of benzene rings is 3. The van der Waals surface area contributed by atoms with Crippen LogP contribution in [0.5, 0.6) is 11.5 Å². The van der Waals surface area contributed by atoms with Gasteiger partial charge in [-0.25, -0.2) is 5.01 Å². The van der Waals surface area contributed by atoms with Crippen LogP contribution in [0.25, 0.3) is 0 Å². The zero-order valence-electron chi connectivity index (χ0n) is 15.7. The van der Waals surface area contributed by atoms with E-state index < -0.39 is 12.8 Å². The van der Waals surface area contributed by atoms with E-state index in [0.717, 1.165) is 16.8 Å². The van der Waals surface area contributed by atoms with Crippen LogP contribution in [-0.2, 0) is 0 Å². The van der Waals surface area contributed by atoms with Crippen LogP contribution in [0.3, 0.4) is 0 Å². The molecule has 7 heteroatoms. The number of nitrogens with zero attached hydrogens (tertiary/aromatic N) is 2. The van der Waals surface area contributed by atoms with E-state index in [1.54, 1.807) is 18.2 Å². The van der Waals surface area contributed by atoms with Crippen LogP contribution in [0.15, 0.2) is 77.9 Å². The first-order valence-electron chi connectivity index (χ1n) is 9.51. The first-order chi connectivity index (χ1) is 14.6. The molecular formula is C23H17ClF2N2O2. The average Bonchev–Trinajstić information content (AvgIpc) is 3.19. The maximum atomic E-state index is 13.0. The molecule has 0 amide bonds. The molecule has 0 fully saturated rings. The van der Waals surface area contributed by atoms with E-state index in [9.17, 15) is 8.78 Å². The van der Waals surface area contributed by atoms with Crippen molar-refractivity contribution in [2.45, 2.75) is 25.3 Å². The molecule has 2 atom stereocenters. The van der Waals surface area contributed by atoms with Crippen molar-refractivity contribution >= 4 is 17.3 Å². The van der Waals surface area contributed by atoms with E-state index in [1.807, 2.05) is 53.5 Å². The Morgan fingerprint density at radius 2 is 1.67 bits per heavy atom. The molecule has 0 bridgehead atoms. The molecule has 0 spiro atoms. The molecule has 152 valence electrons. The Morgan fingerprint density at radius 1 is 0.967 bits per heavy atom. The van der Waals surface area contributed by atoms with Gasteiger partial charge < -0.3 is 9.47 Å². The fraction of sp³-hybridized carbons (Fsp3) is 0.174. The molecule has 3 aromatic rings. The molecule has 0 unspecified atom stereocenters. The van der Waals surface area contributed by atoms with Crippen molar-refractivity contribution in [1.82, 2.24) is 5.01 Å². The summed E-state index contributed by atoms with van der Waals surface area (Å²) in [6.45, 7) is -2.93. The van der Waals surface area contributed by atoms with Gasteiger partial charge in [0.2, 0.25) is 6.23 Å². The molecule has 30 heavy (non-hydrogen) atoms. The zero-order valence-corrected chi connectivity index (χ0v) is 16.5. The highest BCUT2D eigenvalue weighted by atomic mass is 35.5. The van der Waals surface area contributed by atoms with Crippen LogP contribution in [0, 0.1) is 0 Å². The van der Waals surface area contributed by atoms with Gasteiger partial charge in [0.1, 0.15) is 11.5 Å². The highest BCUT2D eigenvalue weighted by Gasteiger charge is 2.41. The van der Waals surface area contributed by atoms with Crippen LogP contribution in [-0.4, -0.2) is 17.3 Å². The number of ether oxygens (including phenoxy) is 2. The van der Waals surface area contributed by atoms with Crippen LogP contribution in [0.1, 0.15) is 35.4 Å². The van der Waals surface area contributed by atoms with Gasteiger partial charge >= 0.3 is 6.61 Å². The van der Waals surface area contributed by atoms with Crippen LogP contribution < -0.4 is 9.47 Å². The smallest absolute Gasteiger partial charge is 0.387 e. The second-order valence-electron chi connectivity index (χ2n) is 7.08. The molecule has 2 aliphatic rings. The molecule has 5 rings (SSSR count). The summed E-state index contributed by atoms with van der Waals surface area (Å²) in [6.07, 6.45) is -0.0271. The Labute approximate surface area is 177 Å². The first-order valence-corrected chi connectivity index (χ1v) is 9.89. The van der Waals surface area contributed by atoms with E-state index >= 15 is 0 Å². The molecule has 0 radical (unpaired) electrons. The van der Waals surface area contributed by atoms with Gasteiger partial charge in [0, 0.05) is 17.0 Å². The lowest BCUT2D eigenvalue weighted by Crippen LogP contribution is -2.34. The minimum absolute atomic E-state index is 0.0748. The van der Waals surface area contributed by atoms with Crippen molar-refractivity contribution < 1.29 is 18.3 Å². The summed E-state index contributed by atoms with van der Waals surface area (Å²) in [4.78, 5) is 0. The normalized spacial score (nSPS) is 19.7. The number of hydrazone groups is 1. The van der Waals surface area contributed by atoms with Gasteiger partial charge in [-0.15, -0.1) is 0 Å². The monoisotopic (exact) mass is 426 g/mol. The fourth-order valence-corrected chi connectivity index (χ4v) is 4.07. The molecule has 0 aliphatic carbocycles. The Morgan fingerprint density at radius 3 is 2.43 bits per heavy atom. The van der Waals surface area contributed by atoms with E-state index in [2.05, 4.69) is 0 Å². The van der Waals surface area contributed by atoms with E-state index in [1.165, 1.54) is 6.07 Å². The summed E-state index contributed by atoms with van der Waals surface area (Å²) in [5.41, 5.74) is 3.35. The highest BCUT2D eigenvalue weighted by molar-refractivity contribution is 6.30. The lowest BCUT2D eigenvalue weighted by molar-refractivity contribution is -0.0578. The number of hydrogen-bond acceptors (Lipinski definition) is 4. The molecule has 0 saturated heterocycles. The molecular weight excluding hydrogens is 410 g/mol. The van der Waals surface area contributed by atoms with Gasteiger partial charge in [0.15, 0.2) is 0 Å². The summed E-state index contributed by atoms with van der Waals surface area (Å²) in [5, 5.41) is 7.31. The minimum atomic E-state index is -2.93. The maximum Gasteiger partial charge on any atom is 0.387 e. The van der Waals surface area contributed by atoms with Gasteiger partial charge in [-0.2, -0.15) is 13.9 Å². The van der Waals surface area contributed by atoms with Gasteiger partial charge in [-0.3, -0.25) is 0 Å². The molecule has 0 aromatic heterocycles. The quantitative estimate of drug-likeness (QED) is 0.499. The van der Waals surface area contributed by atoms with Gasteiger partial charge in [-0.05, 0) is 35.9 Å². The maximum absolute atomic E-state index is 13.0. The van der Waals surface area contributed by atoms with E-state index in [4.69, 9.17) is 26.2 Å². The molecule has 0 N–H and O–H groups in total. The number of fused-ring (bicyclic) bond motifs is 3. The summed E-state index contributed by atoms with van der Waals surface area (Å²) in [5.74, 6) is 0.786. The number of para-hydroxylation sites is 2. The van der Waals surface area contributed by atoms with E-state index in [-0.39, 0.29) is 11.8 Å². The molecule has 4 nitrogen and oxygen atoms in total. The largest absolute Gasteiger partial charge is 0.464 e. The van der Waals surface area contributed by atoms with Gasteiger partial charge in [0.05, 0.1) is 17.3 Å². The summed E-state index contributed by atoms with van der Waals surface area (Å²) >= 11 is 6.02. The second kappa shape index (κ2) is 7.61. The highest BCUT2D eigenvalue weighted by Crippen LogP contribution is 2.48. The van der Waals surface area contributed by atoms with Crippen molar-refractivity contribution in [2.24, 2.45) is 5.10 Å². The Hall–Kier alpha value is -3.12. The molecule has 0 saturated carbocycles. The lowest BCUT2D eigenvalue weighted by Gasteiger charge is -2.38. The van der Waals surface area contributed by atoms with Gasteiger partial charge in [-0.1, -0.05) is 54.1 Å². The fourth-order valence-electron chi connectivity index (χ4n) is 3.94. The topological polar surface area (TPSA) is 34.1 Å². The van der Waals surface area contributed by atoms with Crippen LogP contribution >= 0.6 is 11.6 Å². The van der Waals surface area contributed by atoms with Crippen molar-refractivity contribution in [1.29, 1.82) is 0 Å². The van der Waals surface area contributed by atoms with Crippen molar-refractivity contribution in [2.75, 3.05) is 0 Å². The summed E-state index contributed by atoms with van der Waals surface area (Å²) in [7, 11) is 0. The average molecular weight is 427 g/mol. The third-order valence-corrected chi connectivity index (χ3v) is 5.53. The third kappa shape index (κ3) is 3.37. The summed E-state index contributed by atoms with van der Waals surface area (Å²) in [6, 6.07) is 21.8. The van der Waals surface area contributed by atoms with Crippen LogP contribution in [0.4, 0.5) is 8.78 Å². The predicted octanol–water partition coefficient (Wildman–Crippen LogP) is 6.18. The molecule has 2 heterocycles. The van der Waals surface area contributed by atoms with Crippen molar-refractivity contribution in [3.63, 3.8) is 0 Å². The van der Waals surface area contributed by atoms with E-state index in [0.29, 0.717) is 22.8 Å². The number of rotatable bonds is 4. The number of hydrogen-bond donors (Lipinski definition) is 0. The lowest BCUT2D eigenvalue weighted by atomic mass is 9.96. The third-order valence-electron chi connectivity index (χ3n) is 5.28. The zero-order chi connectivity index (χ0) is 20.7. The SMILES string of the molecule is FC(F)Oc1ccccc1[C@H]1Oc2ccccc2[C@H]2CC(c3ccc(Cl)cc3)=NN21. The van der Waals surface area contributed by atoms with Crippen molar-refractivity contribution in [3.8, 4) is 11.5 Å². The van der Waals surface area contributed by atoms with Crippen LogP contribution in [0.2, 0.25) is 5.02 Å². The Kier molecular flexibility index (Phi) is 4.79. The molecule has 2 aliphatic heterocycles. The summed E-state index contributed by atoms with van der Waals surface area (Å²) < 4.78 is 36.9.